The molecule has 1 N–H and O–H groups in total. The van der Waals surface area contributed by atoms with Gasteiger partial charge in [0.2, 0.25) is 0 Å². The Morgan fingerprint density at radius 3 is 3.20 bits per heavy atom. The summed E-state index contributed by atoms with van der Waals surface area (Å²) < 4.78 is 10.2. The van der Waals surface area contributed by atoms with Crippen molar-refractivity contribution in [2.24, 2.45) is 11.8 Å². The Hall–Kier alpha value is -1.03. The lowest BCUT2D eigenvalue weighted by Crippen LogP contribution is -2.46. The lowest BCUT2D eigenvalue weighted by Gasteiger charge is -2.39. The predicted octanol–water partition coefficient (Wildman–Crippen LogP) is 0.688. The Kier molecular flexibility index (Phi) is 2.95. The maximum atomic E-state index is 11.5. The van der Waals surface area contributed by atoms with Crippen molar-refractivity contribution in [3.8, 4) is 0 Å². The van der Waals surface area contributed by atoms with Crippen molar-refractivity contribution >= 4 is 5.97 Å². The van der Waals surface area contributed by atoms with Crippen LogP contribution < -0.4 is 5.32 Å². The fourth-order valence-corrected chi connectivity index (χ4v) is 2.45. The second kappa shape index (κ2) is 4.23. The number of ether oxygens (including phenoxy) is 2. The van der Waals surface area contributed by atoms with E-state index in [-0.39, 0.29) is 12.1 Å². The lowest BCUT2D eigenvalue weighted by atomic mass is 9.77. The van der Waals surface area contributed by atoms with Crippen molar-refractivity contribution in [3.63, 3.8) is 0 Å². The fraction of sp³-hybridized carbons (Fsp3) is 0.727. The standard InChI is InChI=1S/C11H17NO3/c1-7-9-5-12-4-3-8(9)10(6-15-7)11(13)14-2/h6-9,12H,3-5H2,1-2H3/t7-,8-,9-/m0/s1. The van der Waals surface area contributed by atoms with Crippen molar-refractivity contribution < 1.29 is 14.3 Å². The number of methoxy groups -OCH3 is 1. The van der Waals surface area contributed by atoms with Crippen LogP contribution >= 0.6 is 0 Å². The molecule has 0 aromatic heterocycles. The molecule has 4 heteroatoms. The smallest absolute Gasteiger partial charge is 0.337 e. The molecule has 0 radical (unpaired) electrons. The van der Waals surface area contributed by atoms with E-state index in [1.54, 1.807) is 6.26 Å². The Labute approximate surface area is 89.6 Å². The normalized spacial score (nSPS) is 34.8. The van der Waals surface area contributed by atoms with Crippen LogP contribution in [0.1, 0.15) is 13.3 Å². The lowest BCUT2D eigenvalue weighted by molar-refractivity contribution is -0.138. The number of carbonyl (C=O) groups excluding carboxylic acids is 1. The second-order valence-electron chi connectivity index (χ2n) is 4.17. The van der Waals surface area contributed by atoms with Crippen LogP contribution in [-0.2, 0) is 14.3 Å². The van der Waals surface area contributed by atoms with Crippen LogP contribution in [-0.4, -0.2) is 32.3 Å². The monoisotopic (exact) mass is 211 g/mol. The molecule has 0 aliphatic carbocycles. The van der Waals surface area contributed by atoms with E-state index < -0.39 is 0 Å². The first-order chi connectivity index (χ1) is 7.24. The molecule has 0 saturated carbocycles. The number of piperidine rings is 1. The first-order valence-electron chi connectivity index (χ1n) is 5.38. The number of rotatable bonds is 1. The SMILES string of the molecule is COC(=O)C1=CO[C@@H](C)[C@@H]2CNCC[C@H]12. The zero-order valence-electron chi connectivity index (χ0n) is 9.16. The van der Waals surface area contributed by atoms with Crippen LogP contribution in [0.2, 0.25) is 0 Å². The summed E-state index contributed by atoms with van der Waals surface area (Å²) in [7, 11) is 1.41. The van der Waals surface area contributed by atoms with E-state index in [0.717, 1.165) is 19.5 Å². The number of carbonyl (C=O) groups is 1. The average Bonchev–Trinajstić information content (AvgIpc) is 2.29. The molecule has 2 aliphatic rings. The van der Waals surface area contributed by atoms with E-state index in [4.69, 9.17) is 9.47 Å². The van der Waals surface area contributed by atoms with Crippen molar-refractivity contribution in [2.75, 3.05) is 20.2 Å². The topological polar surface area (TPSA) is 47.6 Å². The summed E-state index contributed by atoms with van der Waals surface area (Å²) in [6, 6.07) is 0. The largest absolute Gasteiger partial charge is 0.497 e. The summed E-state index contributed by atoms with van der Waals surface area (Å²) in [5, 5.41) is 3.33. The highest BCUT2D eigenvalue weighted by Crippen LogP contribution is 2.34. The molecule has 2 aliphatic heterocycles. The van der Waals surface area contributed by atoms with Gasteiger partial charge in [0.15, 0.2) is 0 Å². The minimum atomic E-state index is -0.251. The number of hydrogen-bond acceptors (Lipinski definition) is 4. The first-order valence-corrected chi connectivity index (χ1v) is 5.38. The summed E-state index contributed by atoms with van der Waals surface area (Å²) in [5.41, 5.74) is 0.696. The Balaban J connectivity index is 2.20. The van der Waals surface area contributed by atoms with Gasteiger partial charge in [-0.15, -0.1) is 0 Å². The zero-order valence-corrected chi connectivity index (χ0v) is 9.16. The molecule has 0 spiro atoms. The van der Waals surface area contributed by atoms with E-state index in [2.05, 4.69) is 12.2 Å². The van der Waals surface area contributed by atoms with Crippen molar-refractivity contribution in [3.05, 3.63) is 11.8 Å². The highest BCUT2D eigenvalue weighted by molar-refractivity contribution is 5.88. The van der Waals surface area contributed by atoms with Crippen molar-refractivity contribution in [1.29, 1.82) is 0 Å². The van der Waals surface area contributed by atoms with Gasteiger partial charge in [-0.2, -0.15) is 0 Å². The molecule has 0 bridgehead atoms. The molecule has 0 unspecified atom stereocenters. The number of fused-ring (bicyclic) bond motifs is 1. The highest BCUT2D eigenvalue weighted by atomic mass is 16.5. The third-order valence-electron chi connectivity index (χ3n) is 3.36. The van der Waals surface area contributed by atoms with Crippen molar-refractivity contribution in [1.82, 2.24) is 5.32 Å². The number of esters is 1. The molecule has 0 aromatic rings. The third-order valence-corrected chi connectivity index (χ3v) is 3.36. The first kappa shape index (κ1) is 10.5. The summed E-state index contributed by atoms with van der Waals surface area (Å²) in [4.78, 5) is 11.5. The van der Waals surface area contributed by atoms with Crippen LogP contribution in [0, 0.1) is 11.8 Å². The van der Waals surface area contributed by atoms with E-state index in [1.165, 1.54) is 7.11 Å². The minimum absolute atomic E-state index is 0.177. The van der Waals surface area contributed by atoms with Gasteiger partial charge in [-0.25, -0.2) is 4.79 Å². The van der Waals surface area contributed by atoms with Crippen LogP contribution in [0.3, 0.4) is 0 Å². The molecule has 0 amide bonds. The second-order valence-corrected chi connectivity index (χ2v) is 4.17. The van der Waals surface area contributed by atoms with Gasteiger partial charge < -0.3 is 14.8 Å². The molecule has 2 rings (SSSR count). The van der Waals surface area contributed by atoms with Gasteiger partial charge in [-0.3, -0.25) is 0 Å². The molecule has 4 nitrogen and oxygen atoms in total. The molecular formula is C11H17NO3. The zero-order chi connectivity index (χ0) is 10.8. The van der Waals surface area contributed by atoms with E-state index in [0.29, 0.717) is 17.4 Å². The number of nitrogens with one attached hydrogen (secondary N) is 1. The maximum absolute atomic E-state index is 11.5. The third kappa shape index (κ3) is 1.86. The minimum Gasteiger partial charge on any atom is -0.497 e. The summed E-state index contributed by atoms with van der Waals surface area (Å²) >= 11 is 0. The molecule has 0 aromatic carbocycles. The van der Waals surface area contributed by atoms with Gasteiger partial charge in [0.1, 0.15) is 0 Å². The van der Waals surface area contributed by atoms with Crippen LogP contribution in [0.5, 0.6) is 0 Å². The van der Waals surface area contributed by atoms with Crippen LogP contribution in [0.25, 0.3) is 0 Å². The van der Waals surface area contributed by atoms with E-state index in [9.17, 15) is 4.79 Å². The molecule has 1 fully saturated rings. The Morgan fingerprint density at radius 1 is 1.67 bits per heavy atom. The molecule has 1 saturated heterocycles. The van der Waals surface area contributed by atoms with Crippen molar-refractivity contribution in [2.45, 2.75) is 19.4 Å². The predicted molar refractivity (Wildman–Crippen MR) is 55.1 cm³/mol. The van der Waals surface area contributed by atoms with Crippen LogP contribution in [0.15, 0.2) is 11.8 Å². The highest BCUT2D eigenvalue weighted by Gasteiger charge is 2.38. The van der Waals surface area contributed by atoms with Gasteiger partial charge in [0, 0.05) is 18.4 Å². The fourth-order valence-electron chi connectivity index (χ4n) is 2.45. The quantitative estimate of drug-likeness (QED) is 0.648. The Morgan fingerprint density at radius 2 is 2.47 bits per heavy atom. The summed E-state index contributed by atoms with van der Waals surface area (Å²) in [6.07, 6.45) is 2.75. The van der Waals surface area contributed by atoms with Crippen LogP contribution in [0.4, 0.5) is 0 Å². The average molecular weight is 211 g/mol. The van der Waals surface area contributed by atoms with E-state index >= 15 is 0 Å². The van der Waals surface area contributed by atoms with Gasteiger partial charge in [0.05, 0.1) is 25.0 Å². The summed E-state index contributed by atoms with van der Waals surface area (Å²) in [5.74, 6) is 0.430. The van der Waals surface area contributed by atoms with Gasteiger partial charge in [-0.1, -0.05) is 0 Å². The van der Waals surface area contributed by atoms with Gasteiger partial charge >= 0.3 is 5.97 Å². The van der Waals surface area contributed by atoms with E-state index in [1.807, 2.05) is 0 Å². The molecule has 84 valence electrons. The molecule has 15 heavy (non-hydrogen) atoms. The molecular weight excluding hydrogens is 194 g/mol. The van der Waals surface area contributed by atoms with Gasteiger partial charge in [-0.05, 0) is 19.9 Å². The summed E-state index contributed by atoms with van der Waals surface area (Å²) in [6.45, 7) is 3.93. The Bertz CT molecular complexity index is 288. The molecule has 3 atom stereocenters. The number of hydrogen-bond donors (Lipinski definition) is 1. The van der Waals surface area contributed by atoms with Gasteiger partial charge in [0.25, 0.3) is 0 Å². The maximum Gasteiger partial charge on any atom is 0.337 e. The molecule has 2 heterocycles.